The Bertz CT molecular complexity index is 1710. The number of halogens is 1. The molecule has 3 heterocycles. The molecule has 3 aromatic carbocycles. The molecule has 0 saturated carbocycles. The maximum absolute atomic E-state index is 13.9. The van der Waals surface area contributed by atoms with E-state index in [1.54, 1.807) is 42.3 Å². The van der Waals surface area contributed by atoms with Crippen LogP contribution in [0, 0.1) is 0 Å². The number of carbonyl (C=O) groups is 1. The van der Waals surface area contributed by atoms with Crippen LogP contribution in [0.3, 0.4) is 0 Å². The topological polar surface area (TPSA) is 56.1 Å². The Balaban J connectivity index is 1.28. The molecule has 0 aliphatic carbocycles. The number of rotatable bonds is 9. The summed E-state index contributed by atoms with van der Waals surface area (Å²) in [6.07, 6.45) is 2.75. The number of thiophene rings is 1. The van der Waals surface area contributed by atoms with Gasteiger partial charge in [0, 0.05) is 45.0 Å². The maximum Gasteiger partial charge on any atom is 0.253 e. The van der Waals surface area contributed by atoms with E-state index in [2.05, 4.69) is 69.2 Å². The van der Waals surface area contributed by atoms with E-state index < -0.39 is 0 Å². The third-order valence-corrected chi connectivity index (χ3v) is 9.61. The third-order valence-electron chi connectivity index (χ3n) is 7.13. The Morgan fingerprint density at radius 2 is 1.85 bits per heavy atom. The van der Waals surface area contributed by atoms with Crippen molar-refractivity contribution < 1.29 is 14.3 Å². The minimum Gasteiger partial charge on any atom is -0.493 e. The number of methoxy groups -OCH3 is 2. The molecule has 6 rings (SSSR count). The molecule has 208 valence electrons. The summed E-state index contributed by atoms with van der Waals surface area (Å²) in [5, 5.41) is 9.66. The van der Waals surface area contributed by atoms with Crippen molar-refractivity contribution in [2.24, 2.45) is 5.10 Å². The Morgan fingerprint density at radius 1 is 1.02 bits per heavy atom. The van der Waals surface area contributed by atoms with Gasteiger partial charge in [-0.15, -0.1) is 23.1 Å². The molecule has 0 unspecified atom stereocenters. The highest BCUT2D eigenvalue weighted by molar-refractivity contribution is 9.10. The van der Waals surface area contributed by atoms with Gasteiger partial charge in [-0.3, -0.25) is 4.79 Å². The first kappa shape index (κ1) is 27.6. The number of aromatic nitrogens is 1. The van der Waals surface area contributed by atoms with Crippen LogP contribution in [0.2, 0.25) is 0 Å². The molecule has 0 N–H and O–H groups in total. The third kappa shape index (κ3) is 5.66. The number of ether oxygens (including phenoxy) is 2. The smallest absolute Gasteiger partial charge is 0.253 e. The number of benzene rings is 3. The molecule has 0 saturated heterocycles. The molecule has 5 aromatic rings. The summed E-state index contributed by atoms with van der Waals surface area (Å²) in [5.41, 5.74) is 4.14. The van der Waals surface area contributed by atoms with Gasteiger partial charge in [-0.25, -0.2) is 5.01 Å². The lowest BCUT2D eigenvalue weighted by Crippen LogP contribution is -2.28. The van der Waals surface area contributed by atoms with Gasteiger partial charge in [-0.05, 0) is 41.3 Å². The van der Waals surface area contributed by atoms with Crippen molar-refractivity contribution in [1.82, 2.24) is 9.58 Å². The Labute approximate surface area is 255 Å². The van der Waals surface area contributed by atoms with Gasteiger partial charge in [0.25, 0.3) is 5.91 Å². The number of para-hydroxylation sites is 2. The molecule has 41 heavy (non-hydrogen) atoms. The zero-order valence-corrected chi connectivity index (χ0v) is 25.8. The van der Waals surface area contributed by atoms with Gasteiger partial charge in [-0.1, -0.05) is 64.5 Å². The van der Waals surface area contributed by atoms with Gasteiger partial charge < -0.3 is 14.0 Å². The van der Waals surface area contributed by atoms with Crippen LogP contribution < -0.4 is 9.47 Å². The number of nitrogens with zero attached hydrogens (tertiary/aromatic N) is 3. The first-order valence-electron chi connectivity index (χ1n) is 13.1. The lowest BCUT2D eigenvalue weighted by atomic mass is 9.99. The van der Waals surface area contributed by atoms with Crippen molar-refractivity contribution in [3.8, 4) is 11.5 Å². The van der Waals surface area contributed by atoms with Gasteiger partial charge in [0.05, 0.1) is 36.6 Å². The number of amides is 1. The van der Waals surface area contributed by atoms with Gasteiger partial charge >= 0.3 is 0 Å². The van der Waals surface area contributed by atoms with E-state index in [0.29, 0.717) is 17.9 Å². The van der Waals surface area contributed by atoms with Crippen LogP contribution in [0.4, 0.5) is 0 Å². The van der Waals surface area contributed by atoms with Crippen LogP contribution in [-0.4, -0.2) is 41.2 Å². The second kappa shape index (κ2) is 12.1. The monoisotopic (exact) mass is 645 g/mol. The van der Waals surface area contributed by atoms with Crippen LogP contribution in [0.15, 0.2) is 105 Å². The fraction of sp³-hybridized carbons (Fsp3) is 0.188. The van der Waals surface area contributed by atoms with E-state index in [9.17, 15) is 4.79 Å². The van der Waals surface area contributed by atoms with Gasteiger partial charge in [0.1, 0.15) is 0 Å². The zero-order chi connectivity index (χ0) is 28.3. The zero-order valence-electron chi connectivity index (χ0n) is 22.6. The average molecular weight is 647 g/mol. The predicted octanol–water partition coefficient (Wildman–Crippen LogP) is 8.00. The minimum absolute atomic E-state index is 0.0545. The lowest BCUT2D eigenvalue weighted by Gasteiger charge is -2.24. The van der Waals surface area contributed by atoms with Crippen LogP contribution >= 0.6 is 39.0 Å². The molecule has 1 aliphatic rings. The fourth-order valence-corrected chi connectivity index (χ4v) is 7.13. The number of carbonyl (C=O) groups excluding carboxylic acids is 1. The summed E-state index contributed by atoms with van der Waals surface area (Å²) >= 11 is 6.70. The van der Waals surface area contributed by atoms with Crippen molar-refractivity contribution in [1.29, 1.82) is 0 Å². The van der Waals surface area contributed by atoms with Gasteiger partial charge in [0.15, 0.2) is 11.5 Å². The molecule has 0 spiro atoms. The summed E-state index contributed by atoms with van der Waals surface area (Å²) in [4.78, 5) is 16.0. The van der Waals surface area contributed by atoms with Crippen LogP contribution in [0.25, 0.3) is 10.9 Å². The SMILES string of the molecule is COc1cccc([C@@H]2CC(c3cccs3)=NN2C(=O)CSc2cn(Cc3ccc(Br)cc3)c3ccccc23)c1OC. The highest BCUT2D eigenvalue weighted by atomic mass is 79.9. The first-order chi connectivity index (χ1) is 20.1. The first-order valence-corrected chi connectivity index (χ1v) is 15.8. The van der Waals surface area contributed by atoms with Crippen LogP contribution in [0.1, 0.15) is 28.5 Å². The highest BCUT2D eigenvalue weighted by Gasteiger charge is 2.36. The second-order valence-corrected chi connectivity index (χ2v) is 12.5. The normalized spacial score (nSPS) is 14.9. The molecule has 1 atom stereocenters. The largest absolute Gasteiger partial charge is 0.493 e. The summed E-state index contributed by atoms with van der Waals surface area (Å²) in [6.45, 7) is 0.751. The highest BCUT2D eigenvalue weighted by Crippen LogP contribution is 2.42. The van der Waals surface area contributed by atoms with Crippen molar-refractivity contribution in [2.45, 2.75) is 23.9 Å². The molecule has 0 bridgehead atoms. The molecule has 0 fully saturated rings. The van der Waals surface area contributed by atoms with E-state index in [1.807, 2.05) is 41.8 Å². The van der Waals surface area contributed by atoms with E-state index in [1.165, 1.54) is 5.56 Å². The Hall–Kier alpha value is -3.53. The van der Waals surface area contributed by atoms with Crippen molar-refractivity contribution >= 4 is 61.6 Å². The van der Waals surface area contributed by atoms with E-state index in [4.69, 9.17) is 14.6 Å². The van der Waals surface area contributed by atoms with Crippen LogP contribution in [0.5, 0.6) is 11.5 Å². The number of fused-ring (bicyclic) bond motifs is 1. The average Bonchev–Trinajstić information content (AvgIpc) is 3.76. The number of hydrogen-bond donors (Lipinski definition) is 0. The van der Waals surface area contributed by atoms with Gasteiger partial charge in [0.2, 0.25) is 0 Å². The molecule has 2 aromatic heterocycles. The minimum atomic E-state index is -0.288. The lowest BCUT2D eigenvalue weighted by molar-refractivity contribution is -0.130. The summed E-state index contributed by atoms with van der Waals surface area (Å²) in [6, 6.07) is 26.3. The molecule has 0 radical (unpaired) electrons. The molecule has 1 amide bonds. The second-order valence-electron chi connectivity index (χ2n) is 9.62. The van der Waals surface area contributed by atoms with Crippen LogP contribution in [-0.2, 0) is 11.3 Å². The number of thioether (sulfide) groups is 1. The quantitative estimate of drug-likeness (QED) is 0.152. The van der Waals surface area contributed by atoms with Gasteiger partial charge in [-0.2, -0.15) is 5.10 Å². The molecular weight excluding hydrogens is 618 g/mol. The standard InChI is InChI=1S/C32H28BrN3O3S2/c1-38-28-10-5-8-24(32(28)39-2)27-17-25(29-11-6-16-40-29)34-36(27)31(37)20-41-30-19-35(26-9-4-3-7-23(26)30)18-21-12-14-22(33)15-13-21/h3-16,19,27H,17-18,20H2,1-2H3/t27-/m0/s1. The predicted molar refractivity (Wildman–Crippen MR) is 171 cm³/mol. The van der Waals surface area contributed by atoms with Crippen molar-refractivity contribution in [3.63, 3.8) is 0 Å². The molecule has 9 heteroatoms. The molecular formula is C32H28BrN3O3S2. The molecule has 6 nitrogen and oxygen atoms in total. The molecule has 1 aliphatic heterocycles. The fourth-order valence-electron chi connectivity index (χ4n) is 5.20. The summed E-state index contributed by atoms with van der Waals surface area (Å²) in [7, 11) is 3.25. The summed E-state index contributed by atoms with van der Waals surface area (Å²) < 4.78 is 14.6. The van der Waals surface area contributed by atoms with E-state index in [0.717, 1.165) is 43.0 Å². The maximum atomic E-state index is 13.9. The number of hydrogen-bond acceptors (Lipinski definition) is 6. The Morgan fingerprint density at radius 3 is 2.61 bits per heavy atom. The Kier molecular flexibility index (Phi) is 8.18. The summed E-state index contributed by atoms with van der Waals surface area (Å²) in [5.74, 6) is 1.47. The number of hydrazone groups is 1. The van der Waals surface area contributed by atoms with E-state index in [-0.39, 0.29) is 17.7 Å². The van der Waals surface area contributed by atoms with Crippen molar-refractivity contribution in [2.75, 3.05) is 20.0 Å². The van der Waals surface area contributed by atoms with E-state index >= 15 is 0 Å². The van der Waals surface area contributed by atoms with Crippen molar-refractivity contribution in [3.05, 3.63) is 111 Å².